The van der Waals surface area contributed by atoms with Gasteiger partial charge in [-0.1, -0.05) is 6.92 Å². The molecule has 0 heterocycles. The predicted octanol–water partition coefficient (Wildman–Crippen LogP) is 4.09. The van der Waals surface area contributed by atoms with E-state index in [1.807, 2.05) is 24.8 Å². The smallest absolute Gasteiger partial charge is 0.175 e. The maximum absolute atomic E-state index is 5.60. The molecule has 0 aromatic heterocycles. The average molecular weight is 362 g/mol. The van der Waals surface area contributed by atoms with E-state index in [0.29, 0.717) is 12.6 Å². The van der Waals surface area contributed by atoms with Crippen molar-refractivity contribution in [1.82, 2.24) is 5.32 Å². The van der Waals surface area contributed by atoms with E-state index in [2.05, 4.69) is 40.5 Å². The van der Waals surface area contributed by atoms with Crippen molar-refractivity contribution in [2.24, 2.45) is 0 Å². The van der Waals surface area contributed by atoms with Crippen LogP contribution in [0.1, 0.15) is 25.8 Å². The van der Waals surface area contributed by atoms with Crippen LogP contribution in [0.5, 0.6) is 11.5 Å². The molecule has 0 saturated heterocycles. The topological polar surface area (TPSA) is 30.5 Å². The number of benzene rings is 1. The van der Waals surface area contributed by atoms with E-state index in [4.69, 9.17) is 9.47 Å². The molecule has 0 aliphatic heterocycles. The van der Waals surface area contributed by atoms with Gasteiger partial charge in [-0.2, -0.15) is 11.8 Å². The average Bonchev–Trinajstić information content (AvgIpc) is 2.45. The number of ether oxygens (including phenoxy) is 2. The Morgan fingerprint density at radius 3 is 2.65 bits per heavy atom. The van der Waals surface area contributed by atoms with Crippen LogP contribution in [0.3, 0.4) is 0 Å². The van der Waals surface area contributed by atoms with Crippen molar-refractivity contribution in [1.29, 1.82) is 0 Å². The second-order valence-electron chi connectivity index (χ2n) is 4.48. The highest BCUT2D eigenvalue weighted by molar-refractivity contribution is 9.10. The monoisotopic (exact) mass is 361 g/mol. The van der Waals surface area contributed by atoms with Gasteiger partial charge in [-0.25, -0.2) is 0 Å². The summed E-state index contributed by atoms with van der Waals surface area (Å²) in [5, 5.41) is 3.58. The first kappa shape index (κ1) is 17.7. The number of thioether (sulfide) groups is 1. The van der Waals surface area contributed by atoms with Crippen molar-refractivity contribution in [3.63, 3.8) is 0 Å². The number of hydrogen-bond donors (Lipinski definition) is 1. The molecule has 0 spiro atoms. The number of methoxy groups -OCH3 is 1. The van der Waals surface area contributed by atoms with E-state index in [1.165, 1.54) is 5.56 Å². The highest BCUT2D eigenvalue weighted by atomic mass is 79.9. The summed E-state index contributed by atoms with van der Waals surface area (Å²) >= 11 is 5.43. The van der Waals surface area contributed by atoms with Crippen LogP contribution in [0.25, 0.3) is 0 Å². The number of rotatable bonds is 9. The van der Waals surface area contributed by atoms with Crippen molar-refractivity contribution in [2.45, 2.75) is 32.9 Å². The fourth-order valence-corrected chi connectivity index (χ4v) is 3.30. The number of nitrogens with one attached hydrogen (secondary N) is 1. The Kier molecular flexibility index (Phi) is 8.41. The third-order valence-corrected chi connectivity index (χ3v) is 4.36. The fraction of sp³-hybridized carbons (Fsp3) is 0.600. The molecular weight excluding hydrogens is 338 g/mol. The summed E-state index contributed by atoms with van der Waals surface area (Å²) in [6.07, 6.45) is 3.27. The Hall–Kier alpha value is -0.390. The summed E-state index contributed by atoms with van der Waals surface area (Å²) < 4.78 is 12.0. The fourth-order valence-electron chi connectivity index (χ4n) is 1.94. The van der Waals surface area contributed by atoms with E-state index in [1.54, 1.807) is 7.11 Å². The lowest BCUT2D eigenvalue weighted by Crippen LogP contribution is -2.30. The van der Waals surface area contributed by atoms with E-state index in [-0.39, 0.29) is 0 Å². The highest BCUT2D eigenvalue weighted by Crippen LogP contribution is 2.36. The molecule has 0 bridgehead atoms. The van der Waals surface area contributed by atoms with Crippen LogP contribution in [0.2, 0.25) is 0 Å². The maximum atomic E-state index is 5.60. The van der Waals surface area contributed by atoms with Crippen LogP contribution in [0.4, 0.5) is 0 Å². The Balaban J connectivity index is 2.78. The zero-order valence-electron chi connectivity index (χ0n) is 12.7. The molecule has 0 amide bonds. The van der Waals surface area contributed by atoms with Crippen LogP contribution in [-0.2, 0) is 6.54 Å². The lowest BCUT2D eigenvalue weighted by molar-refractivity contribution is 0.308. The van der Waals surface area contributed by atoms with E-state index >= 15 is 0 Å². The first-order valence-corrected chi connectivity index (χ1v) is 9.06. The molecule has 0 aliphatic carbocycles. The quantitative estimate of drug-likeness (QED) is 0.717. The van der Waals surface area contributed by atoms with Crippen LogP contribution in [0.15, 0.2) is 16.6 Å². The minimum Gasteiger partial charge on any atom is -0.493 e. The van der Waals surface area contributed by atoms with E-state index < -0.39 is 0 Å². The molecule has 0 fully saturated rings. The van der Waals surface area contributed by atoms with Gasteiger partial charge in [-0.3, -0.25) is 0 Å². The van der Waals surface area contributed by atoms with Gasteiger partial charge in [0.15, 0.2) is 11.5 Å². The minimum atomic E-state index is 0.543. The second-order valence-corrected chi connectivity index (χ2v) is 6.25. The first-order chi connectivity index (χ1) is 9.65. The van der Waals surface area contributed by atoms with Crippen LogP contribution < -0.4 is 14.8 Å². The summed E-state index contributed by atoms with van der Waals surface area (Å²) in [5.41, 5.74) is 1.19. The van der Waals surface area contributed by atoms with Gasteiger partial charge in [0.05, 0.1) is 18.2 Å². The lowest BCUT2D eigenvalue weighted by Gasteiger charge is -2.17. The van der Waals surface area contributed by atoms with Gasteiger partial charge in [0.2, 0.25) is 0 Å². The molecule has 1 aromatic carbocycles. The molecule has 0 aliphatic rings. The van der Waals surface area contributed by atoms with Gasteiger partial charge in [0.25, 0.3) is 0 Å². The summed E-state index contributed by atoms with van der Waals surface area (Å²) in [6.45, 7) is 5.64. The molecule has 0 radical (unpaired) electrons. The zero-order valence-corrected chi connectivity index (χ0v) is 15.1. The van der Waals surface area contributed by atoms with Crippen molar-refractivity contribution in [3.05, 3.63) is 22.2 Å². The standard InChI is InChI=1S/C15H24BrNO2S/c1-5-12(10-20-4)17-9-11-7-13(16)15(19-6-2)14(8-11)18-3/h7-8,12,17H,5-6,9-10H2,1-4H3. The van der Waals surface area contributed by atoms with Gasteiger partial charge < -0.3 is 14.8 Å². The van der Waals surface area contributed by atoms with Crippen molar-refractivity contribution >= 4 is 27.7 Å². The summed E-state index contributed by atoms with van der Waals surface area (Å²) in [4.78, 5) is 0. The van der Waals surface area contributed by atoms with Crippen molar-refractivity contribution in [3.8, 4) is 11.5 Å². The number of hydrogen-bond acceptors (Lipinski definition) is 4. The summed E-state index contributed by atoms with van der Waals surface area (Å²) in [6, 6.07) is 4.67. The molecule has 3 nitrogen and oxygen atoms in total. The lowest BCUT2D eigenvalue weighted by atomic mass is 10.1. The van der Waals surface area contributed by atoms with Gasteiger partial charge >= 0.3 is 0 Å². The van der Waals surface area contributed by atoms with Crippen LogP contribution in [-0.4, -0.2) is 31.8 Å². The molecule has 0 saturated carbocycles. The largest absolute Gasteiger partial charge is 0.493 e. The van der Waals surface area contributed by atoms with Gasteiger partial charge in [-0.15, -0.1) is 0 Å². The van der Waals surface area contributed by atoms with E-state index in [0.717, 1.165) is 34.7 Å². The third kappa shape index (κ3) is 5.19. The predicted molar refractivity (Wildman–Crippen MR) is 91.2 cm³/mol. The highest BCUT2D eigenvalue weighted by Gasteiger charge is 2.12. The molecule has 1 unspecified atom stereocenters. The summed E-state index contributed by atoms with van der Waals surface area (Å²) in [7, 11) is 1.67. The molecule has 1 aromatic rings. The van der Waals surface area contributed by atoms with Crippen LogP contribution >= 0.6 is 27.7 Å². The molecule has 20 heavy (non-hydrogen) atoms. The number of halogens is 1. The molecule has 1 rings (SSSR count). The van der Waals surface area contributed by atoms with Crippen molar-refractivity contribution in [2.75, 3.05) is 25.7 Å². The van der Waals surface area contributed by atoms with Crippen LogP contribution in [0, 0.1) is 0 Å². The summed E-state index contributed by atoms with van der Waals surface area (Å²) in [5.74, 6) is 2.68. The van der Waals surface area contributed by atoms with Gasteiger partial charge in [-0.05, 0) is 53.2 Å². The molecular formula is C15H24BrNO2S. The zero-order chi connectivity index (χ0) is 15.0. The Morgan fingerprint density at radius 2 is 2.10 bits per heavy atom. The van der Waals surface area contributed by atoms with Gasteiger partial charge in [0, 0.05) is 18.3 Å². The maximum Gasteiger partial charge on any atom is 0.175 e. The first-order valence-electron chi connectivity index (χ1n) is 6.87. The Morgan fingerprint density at radius 1 is 1.35 bits per heavy atom. The Labute approximate surface area is 134 Å². The SMILES string of the molecule is CCOc1c(Br)cc(CNC(CC)CSC)cc1OC. The normalized spacial score (nSPS) is 12.2. The molecule has 1 atom stereocenters. The second kappa shape index (κ2) is 9.53. The Bertz CT molecular complexity index is 415. The molecule has 1 N–H and O–H groups in total. The minimum absolute atomic E-state index is 0.543. The van der Waals surface area contributed by atoms with Gasteiger partial charge in [0.1, 0.15) is 0 Å². The van der Waals surface area contributed by atoms with E-state index in [9.17, 15) is 0 Å². The molecule has 5 heteroatoms. The molecule has 114 valence electrons. The van der Waals surface area contributed by atoms with Crippen molar-refractivity contribution < 1.29 is 9.47 Å². The third-order valence-electron chi connectivity index (χ3n) is 3.03.